The molecule has 3 atom stereocenters. The summed E-state index contributed by atoms with van der Waals surface area (Å²) >= 11 is 0. The summed E-state index contributed by atoms with van der Waals surface area (Å²) in [6.45, 7) is 3.35. The van der Waals surface area contributed by atoms with E-state index in [9.17, 15) is 17.2 Å². The molecule has 0 amide bonds. The van der Waals surface area contributed by atoms with Gasteiger partial charge < -0.3 is 10.5 Å². The zero-order valence-electron chi connectivity index (χ0n) is 17.7. The topological polar surface area (TPSA) is 72.6 Å². The molecule has 1 aliphatic carbocycles. The number of nitrogens with zero attached hydrogens (tertiary/aromatic N) is 1. The molecule has 0 spiro atoms. The van der Waals surface area contributed by atoms with Gasteiger partial charge in [0.05, 0.1) is 10.1 Å². The molecule has 168 valence electrons. The van der Waals surface area contributed by atoms with Gasteiger partial charge in [-0.2, -0.15) is 0 Å². The van der Waals surface area contributed by atoms with E-state index in [4.69, 9.17) is 10.5 Å². The number of ether oxygens (including phenoxy) is 1. The van der Waals surface area contributed by atoms with Gasteiger partial charge in [0.25, 0.3) is 0 Å². The minimum absolute atomic E-state index is 0.0418. The maximum Gasteiger partial charge on any atom is 0.181 e. The lowest BCUT2D eigenvalue weighted by Crippen LogP contribution is -2.38. The molecule has 31 heavy (non-hydrogen) atoms. The van der Waals surface area contributed by atoms with Crippen LogP contribution in [0.4, 0.5) is 8.78 Å². The van der Waals surface area contributed by atoms with E-state index in [1.165, 1.54) is 7.11 Å². The minimum Gasteiger partial charge on any atom is -0.375 e. The monoisotopic (exact) mass is 450 g/mol. The molecule has 2 N–H and O–H groups in total. The number of sulfone groups is 1. The predicted molar refractivity (Wildman–Crippen MR) is 114 cm³/mol. The number of nitrogens with two attached hydrogens (primary N) is 1. The zero-order valence-corrected chi connectivity index (χ0v) is 18.5. The molecule has 0 saturated heterocycles. The molecule has 8 heteroatoms. The van der Waals surface area contributed by atoms with Crippen LogP contribution in [0.15, 0.2) is 41.3 Å². The van der Waals surface area contributed by atoms with Gasteiger partial charge in [0, 0.05) is 37.8 Å². The third-order valence-electron chi connectivity index (χ3n) is 6.36. The Labute approximate surface area is 182 Å². The van der Waals surface area contributed by atoms with Gasteiger partial charge in [0.1, 0.15) is 17.7 Å². The van der Waals surface area contributed by atoms with Gasteiger partial charge in [-0.25, -0.2) is 17.2 Å². The molecule has 1 fully saturated rings. The van der Waals surface area contributed by atoms with Crippen LogP contribution in [0.5, 0.6) is 0 Å². The molecular weight excluding hydrogens is 422 g/mol. The second-order valence-corrected chi connectivity index (χ2v) is 10.9. The molecule has 4 rings (SSSR count). The summed E-state index contributed by atoms with van der Waals surface area (Å²) in [5.41, 5.74) is 8.59. The van der Waals surface area contributed by atoms with Crippen molar-refractivity contribution in [3.05, 3.63) is 64.7 Å². The molecule has 2 aromatic carbocycles. The van der Waals surface area contributed by atoms with Crippen LogP contribution >= 0.6 is 0 Å². The Hall–Kier alpha value is -1.87. The van der Waals surface area contributed by atoms with E-state index in [1.807, 2.05) is 13.0 Å². The largest absolute Gasteiger partial charge is 0.375 e. The molecule has 1 heterocycles. The molecule has 1 saturated carbocycles. The van der Waals surface area contributed by atoms with Gasteiger partial charge >= 0.3 is 0 Å². The normalized spacial score (nSPS) is 19.8. The van der Waals surface area contributed by atoms with Crippen molar-refractivity contribution in [3.8, 4) is 0 Å². The number of benzene rings is 2. The lowest BCUT2D eigenvalue weighted by molar-refractivity contribution is 0.0623. The quantitative estimate of drug-likeness (QED) is 0.664. The second kappa shape index (κ2) is 8.58. The molecule has 2 aliphatic rings. The Morgan fingerprint density at radius 2 is 1.84 bits per heavy atom. The van der Waals surface area contributed by atoms with Crippen LogP contribution in [0.3, 0.4) is 0 Å². The summed E-state index contributed by atoms with van der Waals surface area (Å²) in [5.74, 6) is -1.08. The summed E-state index contributed by atoms with van der Waals surface area (Å²) in [6.07, 6.45) is 1.23. The molecule has 1 aliphatic heterocycles. The molecule has 0 unspecified atom stereocenters. The van der Waals surface area contributed by atoms with Crippen molar-refractivity contribution in [1.82, 2.24) is 4.90 Å². The van der Waals surface area contributed by atoms with Gasteiger partial charge in [-0.15, -0.1) is 0 Å². The van der Waals surface area contributed by atoms with E-state index in [0.717, 1.165) is 42.2 Å². The van der Waals surface area contributed by atoms with Crippen LogP contribution in [0.25, 0.3) is 0 Å². The summed E-state index contributed by atoms with van der Waals surface area (Å²) in [6, 6.07) is 8.19. The van der Waals surface area contributed by atoms with E-state index >= 15 is 0 Å². The maximum absolute atomic E-state index is 14.2. The van der Waals surface area contributed by atoms with Gasteiger partial charge in [0.15, 0.2) is 9.84 Å². The summed E-state index contributed by atoms with van der Waals surface area (Å²) in [5, 5.41) is -0.228. The first-order valence-corrected chi connectivity index (χ1v) is 12.1. The SMILES string of the molecule is CO[C@H](c1cc(F)ccc1F)[C@@H](N)C[C@H](C)N1Cc2ccc(S(=O)(=O)C3CC3)cc2C1. The number of hydrogen-bond donors (Lipinski definition) is 1. The van der Waals surface area contributed by atoms with Crippen molar-refractivity contribution in [2.45, 2.75) is 67.6 Å². The highest BCUT2D eigenvalue weighted by molar-refractivity contribution is 7.92. The predicted octanol–water partition coefficient (Wildman–Crippen LogP) is 3.71. The van der Waals surface area contributed by atoms with E-state index in [1.54, 1.807) is 12.1 Å². The Morgan fingerprint density at radius 3 is 2.52 bits per heavy atom. The van der Waals surface area contributed by atoms with E-state index in [-0.39, 0.29) is 16.9 Å². The maximum atomic E-state index is 14.2. The summed E-state index contributed by atoms with van der Waals surface area (Å²) in [7, 11) is -1.78. The highest BCUT2D eigenvalue weighted by Gasteiger charge is 2.37. The molecular formula is C23H28F2N2O3S. The molecule has 0 radical (unpaired) electrons. The molecule has 5 nitrogen and oxygen atoms in total. The van der Waals surface area contributed by atoms with Crippen molar-refractivity contribution >= 4 is 9.84 Å². The first kappa shape index (κ1) is 22.3. The Morgan fingerprint density at radius 1 is 1.13 bits per heavy atom. The number of methoxy groups -OCH3 is 1. The lowest BCUT2D eigenvalue weighted by atomic mass is 9.96. The van der Waals surface area contributed by atoms with Crippen LogP contribution in [-0.4, -0.2) is 37.8 Å². The van der Waals surface area contributed by atoms with Gasteiger partial charge in [-0.05, 0) is 67.6 Å². The third-order valence-corrected chi connectivity index (χ3v) is 8.62. The fraction of sp³-hybridized carbons (Fsp3) is 0.478. The van der Waals surface area contributed by atoms with E-state index < -0.39 is 33.6 Å². The van der Waals surface area contributed by atoms with E-state index in [0.29, 0.717) is 24.4 Å². The summed E-state index contributed by atoms with van der Waals surface area (Å²) < 4.78 is 58.4. The fourth-order valence-electron chi connectivity index (χ4n) is 4.39. The van der Waals surface area contributed by atoms with E-state index in [2.05, 4.69) is 4.90 Å². The van der Waals surface area contributed by atoms with Gasteiger partial charge in [0.2, 0.25) is 0 Å². The average Bonchev–Trinajstić information content (AvgIpc) is 3.50. The van der Waals surface area contributed by atoms with Crippen molar-refractivity contribution in [2.24, 2.45) is 5.73 Å². The van der Waals surface area contributed by atoms with Crippen LogP contribution in [0.1, 0.15) is 49.0 Å². The molecule has 0 bridgehead atoms. The zero-order chi connectivity index (χ0) is 22.3. The van der Waals surface area contributed by atoms with Crippen molar-refractivity contribution < 1.29 is 21.9 Å². The van der Waals surface area contributed by atoms with Crippen molar-refractivity contribution in [1.29, 1.82) is 0 Å². The summed E-state index contributed by atoms with van der Waals surface area (Å²) in [4.78, 5) is 2.62. The Bertz CT molecular complexity index is 1070. The Balaban J connectivity index is 1.44. The Kier molecular flexibility index (Phi) is 6.18. The second-order valence-electron chi connectivity index (χ2n) is 8.65. The lowest BCUT2D eigenvalue weighted by Gasteiger charge is -2.30. The first-order valence-electron chi connectivity index (χ1n) is 10.5. The van der Waals surface area contributed by atoms with Crippen LogP contribution < -0.4 is 5.73 Å². The number of hydrogen-bond acceptors (Lipinski definition) is 5. The number of fused-ring (bicyclic) bond motifs is 1. The fourth-order valence-corrected chi connectivity index (χ4v) is 6.09. The molecule has 0 aromatic heterocycles. The average molecular weight is 451 g/mol. The smallest absolute Gasteiger partial charge is 0.181 e. The van der Waals surface area contributed by atoms with Crippen molar-refractivity contribution in [3.63, 3.8) is 0 Å². The first-order chi connectivity index (χ1) is 14.7. The van der Waals surface area contributed by atoms with Crippen molar-refractivity contribution in [2.75, 3.05) is 7.11 Å². The van der Waals surface area contributed by atoms with Crippen LogP contribution in [0.2, 0.25) is 0 Å². The highest BCUT2D eigenvalue weighted by Crippen LogP contribution is 2.36. The van der Waals surface area contributed by atoms with Gasteiger partial charge in [-0.1, -0.05) is 6.07 Å². The number of halogens is 2. The van der Waals surface area contributed by atoms with Crippen LogP contribution in [0, 0.1) is 11.6 Å². The van der Waals surface area contributed by atoms with Crippen LogP contribution in [-0.2, 0) is 27.7 Å². The third kappa shape index (κ3) is 4.53. The standard InChI is InChI=1S/C23H28F2N2O3S/c1-14(9-22(26)23(30-2)20-11-17(24)4-8-21(20)25)27-12-15-3-5-19(10-16(15)13-27)31(28,29)18-6-7-18/h3-5,8,10-11,14,18,22-23H,6-7,9,12-13,26H2,1-2H3/t14-,22-,23+/m0/s1. The number of rotatable bonds is 8. The highest BCUT2D eigenvalue weighted by atomic mass is 32.2. The van der Waals surface area contributed by atoms with Gasteiger partial charge in [-0.3, -0.25) is 4.90 Å². The minimum atomic E-state index is -3.22. The molecule has 2 aromatic rings.